The number of hydrogen-bond acceptors (Lipinski definition) is 4. The third-order valence-electron chi connectivity index (χ3n) is 3.61. The molecule has 0 aliphatic carbocycles. The van der Waals surface area contributed by atoms with Crippen LogP contribution in [-0.4, -0.2) is 72.0 Å². The van der Waals surface area contributed by atoms with Gasteiger partial charge in [-0.2, -0.15) is 11.8 Å². The van der Waals surface area contributed by atoms with Crippen molar-refractivity contribution >= 4 is 17.7 Å². The maximum atomic E-state index is 12.1. The third-order valence-corrected chi connectivity index (χ3v) is 4.83. The van der Waals surface area contributed by atoms with Crippen LogP contribution in [0.1, 0.15) is 20.3 Å². The monoisotopic (exact) mass is 271 g/mol. The summed E-state index contributed by atoms with van der Waals surface area (Å²) in [5, 5.41) is 4.67. The Morgan fingerprint density at radius 2 is 1.83 bits per heavy atom. The first-order valence-electron chi connectivity index (χ1n) is 7.01. The van der Waals surface area contributed by atoms with E-state index in [1.165, 1.54) is 0 Å². The number of amides is 1. The molecule has 1 amide bonds. The van der Waals surface area contributed by atoms with Crippen molar-refractivity contribution in [2.75, 3.05) is 45.8 Å². The SMILES string of the molecule is CC1CN(CCC(=O)N2CCNCC2)CC(C)S1. The molecule has 2 heterocycles. The third kappa shape index (κ3) is 4.14. The minimum Gasteiger partial charge on any atom is -0.340 e. The Kier molecular flexibility index (Phi) is 5.33. The first kappa shape index (κ1) is 14.2. The zero-order valence-corrected chi connectivity index (χ0v) is 12.3. The largest absolute Gasteiger partial charge is 0.340 e. The minimum atomic E-state index is 0.329. The summed E-state index contributed by atoms with van der Waals surface area (Å²) in [6.45, 7) is 11.4. The normalized spacial score (nSPS) is 30.4. The van der Waals surface area contributed by atoms with Gasteiger partial charge in [0.05, 0.1) is 0 Å². The Morgan fingerprint density at radius 3 is 2.44 bits per heavy atom. The van der Waals surface area contributed by atoms with Gasteiger partial charge in [-0.15, -0.1) is 0 Å². The highest BCUT2D eigenvalue weighted by Gasteiger charge is 2.23. The van der Waals surface area contributed by atoms with Crippen LogP contribution in [0, 0.1) is 0 Å². The van der Waals surface area contributed by atoms with Crippen LogP contribution in [0.15, 0.2) is 0 Å². The lowest BCUT2D eigenvalue weighted by atomic mass is 10.2. The molecule has 2 unspecified atom stereocenters. The van der Waals surface area contributed by atoms with Crippen molar-refractivity contribution in [3.63, 3.8) is 0 Å². The lowest BCUT2D eigenvalue weighted by Crippen LogP contribution is -2.48. The number of hydrogen-bond donors (Lipinski definition) is 1. The molecule has 0 aromatic rings. The minimum absolute atomic E-state index is 0.329. The zero-order chi connectivity index (χ0) is 13.0. The highest BCUT2D eigenvalue weighted by Crippen LogP contribution is 2.24. The van der Waals surface area contributed by atoms with Gasteiger partial charge in [-0.3, -0.25) is 4.79 Å². The Morgan fingerprint density at radius 1 is 1.22 bits per heavy atom. The predicted molar refractivity (Wildman–Crippen MR) is 77.0 cm³/mol. The van der Waals surface area contributed by atoms with Gasteiger partial charge in [0.1, 0.15) is 0 Å². The molecule has 0 aromatic carbocycles. The fourth-order valence-electron chi connectivity index (χ4n) is 2.79. The summed E-state index contributed by atoms with van der Waals surface area (Å²) in [6.07, 6.45) is 0.685. The molecule has 4 nitrogen and oxygen atoms in total. The maximum Gasteiger partial charge on any atom is 0.223 e. The average Bonchev–Trinajstić information content (AvgIpc) is 2.36. The number of carbonyl (C=O) groups excluding carboxylic acids is 1. The van der Waals surface area contributed by atoms with Gasteiger partial charge >= 0.3 is 0 Å². The van der Waals surface area contributed by atoms with E-state index in [4.69, 9.17) is 0 Å². The lowest BCUT2D eigenvalue weighted by Gasteiger charge is -2.35. The van der Waals surface area contributed by atoms with Crippen LogP contribution < -0.4 is 5.32 Å². The van der Waals surface area contributed by atoms with E-state index in [1.54, 1.807) is 0 Å². The molecule has 0 radical (unpaired) electrons. The van der Waals surface area contributed by atoms with E-state index in [2.05, 4.69) is 35.8 Å². The molecule has 2 atom stereocenters. The van der Waals surface area contributed by atoms with E-state index in [9.17, 15) is 4.79 Å². The molecule has 0 bridgehead atoms. The summed E-state index contributed by atoms with van der Waals surface area (Å²) in [6, 6.07) is 0. The number of nitrogens with one attached hydrogen (secondary N) is 1. The van der Waals surface area contributed by atoms with E-state index in [0.717, 1.165) is 45.8 Å². The first-order valence-corrected chi connectivity index (χ1v) is 7.95. The van der Waals surface area contributed by atoms with Crippen LogP contribution in [0.2, 0.25) is 0 Å². The summed E-state index contributed by atoms with van der Waals surface area (Å²) in [7, 11) is 0. The molecule has 0 saturated carbocycles. The van der Waals surface area contributed by atoms with Gasteiger partial charge in [-0.05, 0) is 0 Å². The van der Waals surface area contributed by atoms with Crippen molar-refractivity contribution < 1.29 is 4.79 Å². The molecule has 0 aromatic heterocycles. The molecule has 2 rings (SSSR count). The highest BCUT2D eigenvalue weighted by molar-refractivity contribution is 8.00. The number of piperazine rings is 1. The van der Waals surface area contributed by atoms with Crippen LogP contribution in [-0.2, 0) is 4.79 Å². The second-order valence-corrected chi connectivity index (χ2v) is 7.28. The van der Waals surface area contributed by atoms with Gasteiger partial charge in [0, 0.05) is 62.7 Å². The van der Waals surface area contributed by atoms with Gasteiger partial charge in [0.15, 0.2) is 0 Å². The topological polar surface area (TPSA) is 35.6 Å². The van der Waals surface area contributed by atoms with Crippen molar-refractivity contribution in [1.82, 2.24) is 15.1 Å². The highest BCUT2D eigenvalue weighted by atomic mass is 32.2. The van der Waals surface area contributed by atoms with Crippen molar-refractivity contribution in [2.45, 2.75) is 30.8 Å². The summed E-state index contributed by atoms with van der Waals surface area (Å²) in [5.74, 6) is 0.329. The van der Waals surface area contributed by atoms with Crippen LogP contribution in [0.4, 0.5) is 0 Å². The molecule has 0 spiro atoms. The molecule has 104 valence electrons. The van der Waals surface area contributed by atoms with Gasteiger partial charge in [0.2, 0.25) is 5.91 Å². The van der Waals surface area contributed by atoms with Crippen LogP contribution in [0.3, 0.4) is 0 Å². The summed E-state index contributed by atoms with van der Waals surface area (Å²) < 4.78 is 0. The lowest BCUT2D eigenvalue weighted by molar-refractivity contribution is -0.132. The molecule has 18 heavy (non-hydrogen) atoms. The van der Waals surface area contributed by atoms with Crippen LogP contribution in [0.5, 0.6) is 0 Å². The maximum absolute atomic E-state index is 12.1. The number of rotatable bonds is 3. The predicted octanol–water partition coefficient (Wildman–Crippen LogP) is 0.634. The van der Waals surface area contributed by atoms with Gasteiger partial charge < -0.3 is 15.1 Å². The zero-order valence-electron chi connectivity index (χ0n) is 11.5. The molecule has 5 heteroatoms. The molecule has 1 N–H and O–H groups in total. The average molecular weight is 271 g/mol. The Balaban J connectivity index is 1.71. The van der Waals surface area contributed by atoms with Crippen molar-refractivity contribution in [3.8, 4) is 0 Å². The first-order chi connectivity index (χ1) is 8.65. The number of thioether (sulfide) groups is 1. The van der Waals surface area contributed by atoms with Crippen LogP contribution >= 0.6 is 11.8 Å². The van der Waals surface area contributed by atoms with Crippen molar-refractivity contribution in [2.24, 2.45) is 0 Å². The summed E-state index contributed by atoms with van der Waals surface area (Å²) in [4.78, 5) is 16.5. The fourth-order valence-corrected chi connectivity index (χ4v) is 4.18. The van der Waals surface area contributed by atoms with E-state index >= 15 is 0 Å². The molecule has 2 saturated heterocycles. The Labute approximate surface area is 114 Å². The van der Waals surface area contributed by atoms with Crippen molar-refractivity contribution in [1.29, 1.82) is 0 Å². The van der Waals surface area contributed by atoms with E-state index in [-0.39, 0.29) is 0 Å². The number of nitrogens with zero attached hydrogens (tertiary/aromatic N) is 2. The molecular weight excluding hydrogens is 246 g/mol. The standard InChI is InChI=1S/C13H25N3OS/c1-11-9-15(10-12(2)18-11)6-3-13(17)16-7-4-14-5-8-16/h11-12,14H,3-10H2,1-2H3. The van der Waals surface area contributed by atoms with Crippen molar-refractivity contribution in [3.05, 3.63) is 0 Å². The van der Waals surface area contributed by atoms with Gasteiger partial charge in [-0.25, -0.2) is 0 Å². The second kappa shape index (κ2) is 6.78. The van der Waals surface area contributed by atoms with E-state index in [0.29, 0.717) is 22.8 Å². The second-order valence-electron chi connectivity index (χ2n) is 5.40. The smallest absolute Gasteiger partial charge is 0.223 e. The molecular formula is C13H25N3OS. The number of carbonyl (C=O) groups is 1. The fraction of sp³-hybridized carbons (Fsp3) is 0.923. The van der Waals surface area contributed by atoms with Crippen LogP contribution in [0.25, 0.3) is 0 Å². The quantitative estimate of drug-likeness (QED) is 0.817. The summed E-state index contributed by atoms with van der Waals surface area (Å²) >= 11 is 2.06. The molecule has 2 fully saturated rings. The van der Waals surface area contributed by atoms with E-state index in [1.807, 2.05) is 4.90 Å². The van der Waals surface area contributed by atoms with E-state index < -0.39 is 0 Å². The van der Waals surface area contributed by atoms with Gasteiger partial charge in [-0.1, -0.05) is 13.8 Å². The summed E-state index contributed by atoms with van der Waals surface area (Å²) in [5.41, 5.74) is 0. The van der Waals surface area contributed by atoms with Gasteiger partial charge in [0.25, 0.3) is 0 Å². The Bertz CT molecular complexity index is 271. The molecule has 2 aliphatic heterocycles. The Hall–Kier alpha value is -0.260. The molecule has 2 aliphatic rings.